The van der Waals surface area contributed by atoms with Gasteiger partial charge in [0.15, 0.2) is 11.6 Å². The second-order valence-corrected chi connectivity index (χ2v) is 3.71. The van der Waals surface area contributed by atoms with Gasteiger partial charge in [-0.1, -0.05) is 6.07 Å². The predicted octanol–water partition coefficient (Wildman–Crippen LogP) is 1.38. The van der Waals surface area contributed by atoms with Crippen molar-refractivity contribution >= 4 is 11.5 Å². The minimum absolute atomic E-state index is 0.319. The number of aromatic nitrogens is 4. The predicted molar refractivity (Wildman–Crippen MR) is 67.2 cm³/mol. The van der Waals surface area contributed by atoms with Gasteiger partial charge in [0.2, 0.25) is 0 Å². The molecule has 0 aliphatic rings. The molecule has 0 amide bonds. The number of anilines is 1. The zero-order valence-electron chi connectivity index (χ0n) is 9.74. The molecule has 0 unspecified atom stereocenters. The largest absolute Gasteiger partial charge is 0.491 e. The highest BCUT2D eigenvalue weighted by atomic mass is 16.5. The summed E-state index contributed by atoms with van der Waals surface area (Å²) in [5, 5.41) is 0. The van der Waals surface area contributed by atoms with Crippen LogP contribution in [-0.2, 0) is 0 Å². The van der Waals surface area contributed by atoms with Crippen LogP contribution >= 0.6 is 0 Å². The van der Waals surface area contributed by atoms with E-state index in [1.54, 1.807) is 13.3 Å². The molecule has 0 radical (unpaired) electrons. The first-order valence-electron chi connectivity index (χ1n) is 5.38. The van der Waals surface area contributed by atoms with Crippen LogP contribution in [0.3, 0.4) is 0 Å². The zero-order valence-corrected chi connectivity index (χ0v) is 9.74. The van der Waals surface area contributed by atoms with Crippen LogP contribution in [0.5, 0.6) is 5.75 Å². The zero-order chi connectivity index (χ0) is 12.5. The van der Waals surface area contributed by atoms with E-state index in [0.29, 0.717) is 17.3 Å². The Bertz CT molecular complexity index is 707. The Kier molecular flexibility index (Phi) is 2.33. The Balaban J connectivity index is 2.32. The Labute approximate surface area is 103 Å². The highest BCUT2D eigenvalue weighted by Gasteiger charge is 2.14. The third-order valence-corrected chi connectivity index (χ3v) is 2.71. The van der Waals surface area contributed by atoms with Gasteiger partial charge in [-0.25, -0.2) is 15.0 Å². The average molecular weight is 241 g/mol. The molecule has 3 heterocycles. The molecule has 3 rings (SSSR count). The lowest BCUT2D eigenvalue weighted by atomic mass is 10.2. The maximum absolute atomic E-state index is 5.79. The SMILES string of the molecule is COc1c(N)ncnc1-c1cccc2nccn12. The van der Waals surface area contributed by atoms with Gasteiger partial charge in [0.25, 0.3) is 0 Å². The van der Waals surface area contributed by atoms with Gasteiger partial charge in [-0.15, -0.1) is 0 Å². The number of nitrogen functional groups attached to an aromatic ring is 1. The fourth-order valence-electron chi connectivity index (χ4n) is 1.91. The first kappa shape index (κ1) is 10.5. The third kappa shape index (κ3) is 1.46. The van der Waals surface area contributed by atoms with Gasteiger partial charge >= 0.3 is 0 Å². The number of pyridine rings is 1. The van der Waals surface area contributed by atoms with Crippen molar-refractivity contribution in [2.75, 3.05) is 12.8 Å². The summed E-state index contributed by atoms with van der Waals surface area (Å²) in [4.78, 5) is 12.4. The van der Waals surface area contributed by atoms with Crippen molar-refractivity contribution in [1.82, 2.24) is 19.4 Å². The third-order valence-electron chi connectivity index (χ3n) is 2.71. The van der Waals surface area contributed by atoms with Crippen molar-refractivity contribution in [1.29, 1.82) is 0 Å². The van der Waals surface area contributed by atoms with Crippen molar-refractivity contribution in [3.05, 3.63) is 36.9 Å². The first-order valence-corrected chi connectivity index (χ1v) is 5.38. The Morgan fingerprint density at radius 2 is 2.11 bits per heavy atom. The Morgan fingerprint density at radius 1 is 1.22 bits per heavy atom. The second kappa shape index (κ2) is 3.99. The van der Waals surface area contributed by atoms with E-state index in [1.807, 2.05) is 28.8 Å². The molecule has 0 fully saturated rings. The summed E-state index contributed by atoms with van der Waals surface area (Å²) in [6.45, 7) is 0. The van der Waals surface area contributed by atoms with Crippen LogP contribution in [-0.4, -0.2) is 26.5 Å². The minimum atomic E-state index is 0.319. The maximum Gasteiger partial charge on any atom is 0.188 e. The van der Waals surface area contributed by atoms with Crippen molar-refractivity contribution in [2.45, 2.75) is 0 Å². The molecule has 0 spiro atoms. The molecule has 0 saturated heterocycles. The summed E-state index contributed by atoms with van der Waals surface area (Å²) in [5.41, 5.74) is 8.13. The summed E-state index contributed by atoms with van der Waals surface area (Å²) in [6.07, 6.45) is 5.02. The standard InChI is InChI=1S/C12H11N5O/c1-18-11-10(15-7-16-12(11)13)8-3-2-4-9-14-5-6-17(8)9/h2-7H,1H3,(H2,13,15,16). The van der Waals surface area contributed by atoms with E-state index in [2.05, 4.69) is 15.0 Å². The van der Waals surface area contributed by atoms with Crippen LogP contribution < -0.4 is 10.5 Å². The van der Waals surface area contributed by atoms with Crippen LogP contribution in [0.4, 0.5) is 5.82 Å². The number of rotatable bonds is 2. The minimum Gasteiger partial charge on any atom is -0.491 e. The van der Waals surface area contributed by atoms with E-state index in [4.69, 9.17) is 10.5 Å². The summed E-state index contributed by atoms with van der Waals surface area (Å²) < 4.78 is 7.19. The molecule has 18 heavy (non-hydrogen) atoms. The molecule has 3 aromatic heterocycles. The Hall–Kier alpha value is -2.63. The summed E-state index contributed by atoms with van der Waals surface area (Å²) in [6, 6.07) is 5.76. The van der Waals surface area contributed by atoms with Crippen molar-refractivity contribution < 1.29 is 4.74 Å². The summed E-state index contributed by atoms with van der Waals surface area (Å²) >= 11 is 0. The van der Waals surface area contributed by atoms with Crippen molar-refractivity contribution in [2.24, 2.45) is 0 Å². The number of methoxy groups -OCH3 is 1. The number of imidazole rings is 1. The highest BCUT2D eigenvalue weighted by Crippen LogP contribution is 2.31. The van der Waals surface area contributed by atoms with Gasteiger partial charge in [0.05, 0.1) is 12.8 Å². The summed E-state index contributed by atoms with van der Waals surface area (Å²) in [7, 11) is 1.55. The molecule has 90 valence electrons. The number of ether oxygens (including phenoxy) is 1. The molecule has 0 aromatic carbocycles. The van der Waals surface area contributed by atoms with E-state index >= 15 is 0 Å². The van der Waals surface area contributed by atoms with E-state index < -0.39 is 0 Å². The molecule has 2 N–H and O–H groups in total. The van der Waals surface area contributed by atoms with Crippen LogP contribution in [0.2, 0.25) is 0 Å². The van der Waals surface area contributed by atoms with E-state index in [1.165, 1.54) is 6.33 Å². The van der Waals surface area contributed by atoms with Crippen LogP contribution in [0.1, 0.15) is 0 Å². The number of nitrogens with two attached hydrogens (primary N) is 1. The number of fused-ring (bicyclic) bond motifs is 1. The molecular formula is C12H11N5O. The van der Waals surface area contributed by atoms with Gasteiger partial charge in [0.1, 0.15) is 17.7 Å². The fourth-order valence-corrected chi connectivity index (χ4v) is 1.91. The van der Waals surface area contributed by atoms with Crippen molar-refractivity contribution in [3.63, 3.8) is 0 Å². The molecule has 0 aliphatic heterocycles. The van der Waals surface area contributed by atoms with Gasteiger partial charge in [-0.3, -0.25) is 4.40 Å². The molecular weight excluding hydrogens is 230 g/mol. The topological polar surface area (TPSA) is 78.3 Å². The number of hydrogen-bond donors (Lipinski definition) is 1. The lowest BCUT2D eigenvalue weighted by Gasteiger charge is -2.10. The van der Waals surface area contributed by atoms with Crippen LogP contribution in [0.25, 0.3) is 17.0 Å². The van der Waals surface area contributed by atoms with Crippen LogP contribution in [0.15, 0.2) is 36.9 Å². The van der Waals surface area contributed by atoms with E-state index in [9.17, 15) is 0 Å². The van der Waals surface area contributed by atoms with Crippen molar-refractivity contribution in [3.8, 4) is 17.1 Å². The average Bonchev–Trinajstić information content (AvgIpc) is 2.86. The smallest absolute Gasteiger partial charge is 0.188 e. The number of nitrogens with zero attached hydrogens (tertiary/aromatic N) is 4. The number of hydrogen-bond acceptors (Lipinski definition) is 5. The van der Waals surface area contributed by atoms with Gasteiger partial charge in [-0.2, -0.15) is 0 Å². The Morgan fingerprint density at radius 3 is 2.94 bits per heavy atom. The molecule has 0 saturated carbocycles. The monoisotopic (exact) mass is 241 g/mol. The van der Waals surface area contributed by atoms with Gasteiger partial charge < -0.3 is 10.5 Å². The molecule has 6 heteroatoms. The molecule has 6 nitrogen and oxygen atoms in total. The second-order valence-electron chi connectivity index (χ2n) is 3.71. The van der Waals surface area contributed by atoms with Crippen LogP contribution in [0, 0.1) is 0 Å². The van der Waals surface area contributed by atoms with Gasteiger partial charge in [0, 0.05) is 12.4 Å². The molecule has 0 bridgehead atoms. The first-order chi connectivity index (χ1) is 8.81. The quantitative estimate of drug-likeness (QED) is 0.733. The molecule has 0 atom stereocenters. The lowest BCUT2D eigenvalue weighted by molar-refractivity contribution is 0.415. The molecule has 0 aliphatic carbocycles. The highest BCUT2D eigenvalue weighted by molar-refractivity contribution is 5.70. The van der Waals surface area contributed by atoms with E-state index in [-0.39, 0.29) is 0 Å². The lowest BCUT2D eigenvalue weighted by Crippen LogP contribution is -2.02. The maximum atomic E-state index is 5.79. The molecule has 3 aromatic rings. The normalized spacial score (nSPS) is 10.7. The van der Waals surface area contributed by atoms with Gasteiger partial charge in [-0.05, 0) is 12.1 Å². The van der Waals surface area contributed by atoms with E-state index in [0.717, 1.165) is 11.3 Å². The summed E-state index contributed by atoms with van der Waals surface area (Å²) in [5.74, 6) is 0.790. The fraction of sp³-hybridized carbons (Fsp3) is 0.0833.